The molecule has 1 amide bonds. The van der Waals surface area contributed by atoms with Crippen LogP contribution in [0.1, 0.15) is 36.7 Å². The lowest BCUT2D eigenvalue weighted by molar-refractivity contribution is -0.123. The Balaban J connectivity index is 1.44. The van der Waals surface area contributed by atoms with Gasteiger partial charge in [-0.2, -0.15) is 11.8 Å². The zero-order valence-corrected chi connectivity index (χ0v) is 18.1. The Morgan fingerprint density at radius 3 is 2.48 bits per heavy atom. The predicted molar refractivity (Wildman–Crippen MR) is 126 cm³/mol. The van der Waals surface area contributed by atoms with Crippen LogP contribution in [-0.2, 0) is 10.3 Å². The van der Waals surface area contributed by atoms with Crippen molar-refractivity contribution < 1.29 is 4.79 Å². The summed E-state index contributed by atoms with van der Waals surface area (Å²) in [4.78, 5) is 21.6. The van der Waals surface area contributed by atoms with Crippen molar-refractivity contribution in [2.45, 2.75) is 30.8 Å². The van der Waals surface area contributed by atoms with Crippen molar-refractivity contribution in [1.29, 1.82) is 0 Å². The van der Waals surface area contributed by atoms with Crippen LogP contribution < -0.4 is 5.32 Å². The fourth-order valence-electron chi connectivity index (χ4n) is 4.50. The van der Waals surface area contributed by atoms with Gasteiger partial charge in [-0.3, -0.25) is 4.79 Å². The first-order valence-corrected chi connectivity index (χ1v) is 11.9. The number of para-hydroxylation sites is 2. The van der Waals surface area contributed by atoms with E-state index >= 15 is 0 Å². The number of imidazole rings is 1. The van der Waals surface area contributed by atoms with Crippen molar-refractivity contribution in [2.75, 3.05) is 11.5 Å². The van der Waals surface area contributed by atoms with Crippen LogP contribution in [0.4, 0.5) is 0 Å². The number of aromatic amines is 1. The lowest BCUT2D eigenvalue weighted by Crippen LogP contribution is -2.42. The van der Waals surface area contributed by atoms with E-state index in [0.717, 1.165) is 46.8 Å². The van der Waals surface area contributed by atoms with Gasteiger partial charge in [0.2, 0.25) is 5.91 Å². The highest BCUT2D eigenvalue weighted by molar-refractivity contribution is 7.99. The molecular weight excluding hydrogens is 404 g/mol. The molecule has 0 saturated carbocycles. The number of hydrogen-bond donors (Lipinski definition) is 2. The standard InChI is InChI=1S/C25H26N4OS/c30-22(18-25(12-16-31-17-13-25)29-14-6-7-15-29)28-23(19-8-2-1-3-9-19)24-26-20-10-4-5-11-21(20)27-24/h1-11,14-15,23H,12-13,16-18H2,(H,26,27)(H,28,30)/t23-/m1/s1. The summed E-state index contributed by atoms with van der Waals surface area (Å²) in [6, 6.07) is 21.8. The van der Waals surface area contributed by atoms with Gasteiger partial charge in [-0.1, -0.05) is 42.5 Å². The van der Waals surface area contributed by atoms with Crippen LogP contribution in [0, 0.1) is 0 Å². The number of carbonyl (C=O) groups is 1. The molecule has 6 heteroatoms. The van der Waals surface area contributed by atoms with Gasteiger partial charge in [0.05, 0.1) is 23.0 Å². The van der Waals surface area contributed by atoms with Gasteiger partial charge in [0.15, 0.2) is 0 Å². The maximum absolute atomic E-state index is 13.4. The number of benzene rings is 2. The quantitative estimate of drug-likeness (QED) is 0.458. The number of nitrogens with one attached hydrogen (secondary N) is 2. The van der Waals surface area contributed by atoms with Crippen LogP contribution in [-0.4, -0.2) is 31.9 Å². The Morgan fingerprint density at radius 2 is 1.74 bits per heavy atom. The molecule has 0 unspecified atom stereocenters. The minimum absolute atomic E-state index is 0.0508. The minimum Gasteiger partial charge on any atom is -0.348 e. The lowest BCUT2D eigenvalue weighted by atomic mass is 9.87. The van der Waals surface area contributed by atoms with Gasteiger partial charge in [0.1, 0.15) is 11.9 Å². The van der Waals surface area contributed by atoms with Crippen molar-refractivity contribution >= 4 is 28.7 Å². The summed E-state index contributed by atoms with van der Waals surface area (Å²) < 4.78 is 2.24. The lowest BCUT2D eigenvalue weighted by Gasteiger charge is -2.38. The minimum atomic E-state index is -0.319. The first kappa shape index (κ1) is 19.9. The molecule has 2 aromatic carbocycles. The molecule has 1 saturated heterocycles. The van der Waals surface area contributed by atoms with Gasteiger partial charge in [0.25, 0.3) is 0 Å². The molecule has 1 fully saturated rings. The van der Waals surface area contributed by atoms with E-state index in [2.05, 4.69) is 27.3 Å². The van der Waals surface area contributed by atoms with Crippen LogP contribution >= 0.6 is 11.8 Å². The highest BCUT2D eigenvalue weighted by Gasteiger charge is 2.36. The zero-order valence-electron chi connectivity index (χ0n) is 17.3. The maximum Gasteiger partial charge on any atom is 0.223 e. The number of hydrogen-bond acceptors (Lipinski definition) is 3. The molecule has 0 spiro atoms. The van der Waals surface area contributed by atoms with Crippen molar-refractivity contribution in [3.8, 4) is 0 Å². The van der Waals surface area contributed by atoms with Gasteiger partial charge in [-0.25, -0.2) is 4.98 Å². The summed E-state index contributed by atoms with van der Waals surface area (Å²) in [5.41, 5.74) is 2.74. The third-order valence-corrected chi connectivity index (χ3v) is 7.17. The number of fused-ring (bicyclic) bond motifs is 1. The van der Waals surface area contributed by atoms with E-state index in [1.807, 2.05) is 78.5 Å². The summed E-state index contributed by atoms with van der Waals surface area (Å²) in [7, 11) is 0. The fraction of sp³-hybridized carbons (Fsp3) is 0.280. The van der Waals surface area contributed by atoms with E-state index in [1.165, 1.54) is 0 Å². The second-order valence-electron chi connectivity index (χ2n) is 8.15. The van der Waals surface area contributed by atoms with Crippen molar-refractivity contribution in [2.24, 2.45) is 0 Å². The second kappa shape index (κ2) is 8.63. The van der Waals surface area contributed by atoms with E-state index in [1.54, 1.807) is 0 Å². The number of H-pyrrole nitrogens is 1. The van der Waals surface area contributed by atoms with Crippen molar-refractivity contribution in [3.63, 3.8) is 0 Å². The SMILES string of the molecule is O=C(CC1(n2cccc2)CCSCC1)N[C@H](c1ccccc1)c1nc2ccccc2[nH]1. The summed E-state index contributed by atoms with van der Waals surface area (Å²) in [6.07, 6.45) is 6.65. The predicted octanol–water partition coefficient (Wildman–Crippen LogP) is 4.88. The summed E-state index contributed by atoms with van der Waals surface area (Å²) in [6.45, 7) is 0. The average Bonchev–Trinajstić information content (AvgIpc) is 3.49. The van der Waals surface area contributed by atoms with Crippen molar-refractivity contribution in [1.82, 2.24) is 19.9 Å². The van der Waals surface area contributed by atoms with Crippen LogP contribution in [0.3, 0.4) is 0 Å². The van der Waals surface area contributed by atoms with E-state index in [-0.39, 0.29) is 17.5 Å². The molecule has 4 aromatic rings. The van der Waals surface area contributed by atoms with E-state index in [0.29, 0.717) is 6.42 Å². The molecule has 31 heavy (non-hydrogen) atoms. The number of rotatable bonds is 6. The number of aromatic nitrogens is 3. The summed E-state index contributed by atoms with van der Waals surface area (Å²) in [5, 5.41) is 3.29. The molecule has 5 rings (SSSR count). The van der Waals surface area contributed by atoms with E-state index in [4.69, 9.17) is 4.98 Å². The van der Waals surface area contributed by atoms with Crippen molar-refractivity contribution in [3.05, 3.63) is 90.5 Å². The van der Waals surface area contributed by atoms with Gasteiger partial charge in [-0.05, 0) is 54.2 Å². The van der Waals surface area contributed by atoms with Crippen LogP contribution in [0.2, 0.25) is 0 Å². The van der Waals surface area contributed by atoms with Gasteiger partial charge in [0, 0.05) is 12.4 Å². The fourth-order valence-corrected chi connectivity index (χ4v) is 5.76. The second-order valence-corrected chi connectivity index (χ2v) is 9.38. The summed E-state index contributed by atoms with van der Waals surface area (Å²) >= 11 is 1.97. The molecule has 5 nitrogen and oxygen atoms in total. The smallest absolute Gasteiger partial charge is 0.223 e. The van der Waals surface area contributed by atoms with Gasteiger partial charge >= 0.3 is 0 Å². The van der Waals surface area contributed by atoms with E-state index < -0.39 is 0 Å². The van der Waals surface area contributed by atoms with Crippen LogP contribution in [0.5, 0.6) is 0 Å². The topological polar surface area (TPSA) is 62.7 Å². The Labute approximate surface area is 186 Å². The third-order valence-electron chi connectivity index (χ3n) is 6.18. The Morgan fingerprint density at radius 1 is 1.03 bits per heavy atom. The van der Waals surface area contributed by atoms with Crippen LogP contribution in [0.25, 0.3) is 11.0 Å². The zero-order chi connectivity index (χ0) is 21.1. The molecule has 158 valence electrons. The molecular formula is C25H26N4OS. The molecule has 2 N–H and O–H groups in total. The van der Waals surface area contributed by atoms with E-state index in [9.17, 15) is 4.79 Å². The molecule has 0 bridgehead atoms. The first-order chi connectivity index (χ1) is 15.2. The number of nitrogens with zero attached hydrogens (tertiary/aromatic N) is 2. The molecule has 1 aliphatic heterocycles. The highest BCUT2D eigenvalue weighted by atomic mass is 32.2. The molecule has 1 atom stereocenters. The molecule has 0 radical (unpaired) electrons. The first-order valence-electron chi connectivity index (χ1n) is 10.7. The van der Waals surface area contributed by atoms with Crippen LogP contribution in [0.15, 0.2) is 79.1 Å². The third kappa shape index (κ3) is 4.12. The van der Waals surface area contributed by atoms with Gasteiger partial charge in [-0.15, -0.1) is 0 Å². The molecule has 3 heterocycles. The Hall–Kier alpha value is -2.99. The largest absolute Gasteiger partial charge is 0.348 e. The average molecular weight is 431 g/mol. The number of thioether (sulfide) groups is 1. The number of carbonyl (C=O) groups excluding carboxylic acids is 1. The highest BCUT2D eigenvalue weighted by Crippen LogP contribution is 2.37. The van der Waals surface area contributed by atoms with Gasteiger partial charge < -0.3 is 14.9 Å². The Bertz CT molecular complexity index is 1110. The molecule has 0 aliphatic carbocycles. The summed E-state index contributed by atoms with van der Waals surface area (Å²) in [5.74, 6) is 2.97. The number of amides is 1. The molecule has 2 aromatic heterocycles. The monoisotopic (exact) mass is 430 g/mol. The molecule has 1 aliphatic rings. The maximum atomic E-state index is 13.4. The Kier molecular flexibility index (Phi) is 5.55. The normalized spacial score (nSPS) is 16.8.